The fourth-order valence-corrected chi connectivity index (χ4v) is 2.66. The molecule has 5 heteroatoms. The smallest absolute Gasteiger partial charge is 0.272 e. The molecular formula is C17H18N2O3. The molecule has 0 atom stereocenters. The van der Waals surface area contributed by atoms with Crippen LogP contribution in [0.3, 0.4) is 0 Å². The summed E-state index contributed by atoms with van der Waals surface area (Å²) in [6, 6.07) is 5.06. The molecule has 114 valence electrons. The van der Waals surface area contributed by atoms with Crippen LogP contribution in [0, 0.1) is 18.3 Å². The van der Waals surface area contributed by atoms with Gasteiger partial charge in [-0.25, -0.2) is 0 Å². The topological polar surface area (TPSA) is 83.1 Å². The number of aromatic nitrogens is 1. The van der Waals surface area contributed by atoms with E-state index in [4.69, 9.17) is 5.26 Å². The van der Waals surface area contributed by atoms with Crippen molar-refractivity contribution in [2.24, 2.45) is 0 Å². The molecule has 0 fully saturated rings. The highest BCUT2D eigenvalue weighted by molar-refractivity contribution is 6.02. The average Bonchev–Trinajstić information content (AvgIpc) is 2.48. The van der Waals surface area contributed by atoms with Crippen LogP contribution in [-0.4, -0.2) is 15.5 Å². The molecule has 0 aliphatic heterocycles. The van der Waals surface area contributed by atoms with Gasteiger partial charge in [-0.05, 0) is 38.0 Å². The van der Waals surface area contributed by atoms with Crippen LogP contribution in [0.5, 0.6) is 5.75 Å². The summed E-state index contributed by atoms with van der Waals surface area (Å²) in [6.07, 6.45) is 1.16. The van der Waals surface area contributed by atoms with Crippen LogP contribution in [0.1, 0.15) is 48.2 Å². The van der Waals surface area contributed by atoms with Crippen LogP contribution >= 0.6 is 0 Å². The summed E-state index contributed by atoms with van der Waals surface area (Å²) in [6.45, 7) is 5.91. The van der Waals surface area contributed by atoms with Gasteiger partial charge < -0.3 is 9.67 Å². The van der Waals surface area contributed by atoms with Gasteiger partial charge >= 0.3 is 0 Å². The molecule has 1 heterocycles. The van der Waals surface area contributed by atoms with Crippen LogP contribution in [-0.2, 0) is 6.54 Å². The van der Waals surface area contributed by atoms with Gasteiger partial charge in [0.25, 0.3) is 5.56 Å². The van der Waals surface area contributed by atoms with Crippen LogP contribution in [0.4, 0.5) is 0 Å². The highest BCUT2D eigenvalue weighted by Gasteiger charge is 2.18. The molecule has 0 saturated heterocycles. The van der Waals surface area contributed by atoms with E-state index in [1.807, 2.05) is 13.8 Å². The lowest BCUT2D eigenvalue weighted by atomic mass is 9.97. The Morgan fingerprint density at radius 3 is 2.59 bits per heavy atom. The molecule has 0 aliphatic rings. The molecule has 0 amide bonds. The van der Waals surface area contributed by atoms with Crippen LogP contribution in [0.25, 0.3) is 10.9 Å². The van der Waals surface area contributed by atoms with E-state index in [2.05, 4.69) is 0 Å². The number of aromatic hydroxyl groups is 1. The van der Waals surface area contributed by atoms with Crippen LogP contribution in [0.15, 0.2) is 16.9 Å². The molecule has 0 aliphatic carbocycles. The molecule has 0 spiro atoms. The van der Waals surface area contributed by atoms with Crippen molar-refractivity contribution >= 4 is 16.7 Å². The van der Waals surface area contributed by atoms with Gasteiger partial charge in [-0.1, -0.05) is 6.92 Å². The summed E-state index contributed by atoms with van der Waals surface area (Å²) >= 11 is 0. The van der Waals surface area contributed by atoms with E-state index in [-0.39, 0.29) is 17.1 Å². The van der Waals surface area contributed by atoms with Gasteiger partial charge in [0.2, 0.25) is 0 Å². The molecule has 22 heavy (non-hydrogen) atoms. The zero-order chi connectivity index (χ0) is 16.4. The van der Waals surface area contributed by atoms with Crippen molar-refractivity contribution in [1.82, 2.24) is 4.57 Å². The van der Waals surface area contributed by atoms with Crippen molar-refractivity contribution in [1.29, 1.82) is 5.26 Å². The quantitative estimate of drug-likeness (QED) is 0.880. The van der Waals surface area contributed by atoms with Gasteiger partial charge in [-0.2, -0.15) is 5.26 Å². The molecule has 0 bridgehead atoms. The molecule has 1 aromatic heterocycles. The van der Waals surface area contributed by atoms with Crippen LogP contribution < -0.4 is 5.56 Å². The Morgan fingerprint density at radius 1 is 1.36 bits per heavy atom. The predicted molar refractivity (Wildman–Crippen MR) is 84.2 cm³/mol. The maximum absolute atomic E-state index is 12.2. The number of fused-ring (bicyclic) bond motifs is 1. The van der Waals surface area contributed by atoms with Gasteiger partial charge in [-0.15, -0.1) is 0 Å². The first-order chi connectivity index (χ1) is 10.5. The maximum Gasteiger partial charge on any atom is 0.272 e. The van der Waals surface area contributed by atoms with E-state index >= 15 is 0 Å². The number of carbonyl (C=O) groups excluding carboxylic acids is 1. The molecule has 0 saturated carbocycles. The minimum Gasteiger partial charge on any atom is -0.506 e. The number of carbonyl (C=O) groups is 1. The van der Waals surface area contributed by atoms with Gasteiger partial charge in [0.1, 0.15) is 11.8 Å². The number of rotatable bonds is 4. The number of aryl methyl sites for hydroxylation is 2. The average molecular weight is 298 g/mol. The largest absolute Gasteiger partial charge is 0.506 e. The highest BCUT2D eigenvalue weighted by Crippen LogP contribution is 2.29. The number of hydrogen-bond donors (Lipinski definition) is 1. The zero-order valence-corrected chi connectivity index (χ0v) is 12.9. The standard InChI is InChI=1S/C17H18N2O3/c1-4-6-15(20)11-8-12-14(7-10(11)3)19(5-2)17(22)13(9-18)16(12)21/h7-8,21H,4-6H2,1-3H3. The minimum absolute atomic E-state index is 0.00550. The van der Waals surface area contributed by atoms with E-state index < -0.39 is 5.56 Å². The monoisotopic (exact) mass is 298 g/mol. The van der Waals surface area contributed by atoms with Crippen molar-refractivity contribution in [3.63, 3.8) is 0 Å². The second-order valence-electron chi connectivity index (χ2n) is 5.24. The Morgan fingerprint density at radius 2 is 2.05 bits per heavy atom. The number of benzene rings is 1. The summed E-state index contributed by atoms with van der Waals surface area (Å²) in [5.74, 6) is -0.355. The Labute approximate surface area is 128 Å². The first-order valence-electron chi connectivity index (χ1n) is 7.29. The lowest BCUT2D eigenvalue weighted by Crippen LogP contribution is -2.22. The fourth-order valence-electron chi connectivity index (χ4n) is 2.66. The summed E-state index contributed by atoms with van der Waals surface area (Å²) in [7, 11) is 0. The zero-order valence-electron chi connectivity index (χ0n) is 12.9. The van der Waals surface area contributed by atoms with Crippen molar-refractivity contribution in [3.05, 3.63) is 39.2 Å². The number of nitriles is 1. The normalized spacial score (nSPS) is 10.6. The first kappa shape index (κ1) is 15.8. The number of hydrogen-bond acceptors (Lipinski definition) is 4. The third-order valence-corrected chi connectivity index (χ3v) is 3.79. The summed E-state index contributed by atoms with van der Waals surface area (Å²) < 4.78 is 1.44. The lowest BCUT2D eigenvalue weighted by Gasteiger charge is -2.14. The van der Waals surface area contributed by atoms with E-state index in [9.17, 15) is 14.7 Å². The maximum atomic E-state index is 12.2. The van der Waals surface area contributed by atoms with Crippen molar-refractivity contribution < 1.29 is 9.90 Å². The van der Waals surface area contributed by atoms with Crippen molar-refractivity contribution in [3.8, 4) is 11.8 Å². The first-order valence-corrected chi connectivity index (χ1v) is 7.29. The van der Waals surface area contributed by atoms with E-state index in [1.165, 1.54) is 4.57 Å². The Balaban J connectivity index is 2.91. The van der Waals surface area contributed by atoms with Crippen molar-refractivity contribution in [2.75, 3.05) is 0 Å². The molecule has 5 nitrogen and oxygen atoms in total. The molecule has 1 N–H and O–H groups in total. The summed E-state index contributed by atoms with van der Waals surface area (Å²) in [5.41, 5.74) is 1.02. The minimum atomic E-state index is -0.512. The third kappa shape index (κ3) is 2.37. The third-order valence-electron chi connectivity index (χ3n) is 3.79. The molecule has 2 aromatic rings. The molecule has 1 aromatic carbocycles. The van der Waals surface area contributed by atoms with E-state index in [1.54, 1.807) is 25.1 Å². The van der Waals surface area contributed by atoms with Gasteiger partial charge in [0.15, 0.2) is 11.3 Å². The molecule has 0 radical (unpaired) electrons. The molecule has 2 rings (SSSR count). The predicted octanol–water partition coefficient (Wildman–Crippen LogP) is 2.89. The van der Waals surface area contributed by atoms with Crippen molar-refractivity contribution in [2.45, 2.75) is 40.2 Å². The Kier molecular flexibility index (Phi) is 4.32. The Bertz CT molecular complexity index is 857. The second kappa shape index (κ2) is 6.02. The Hall–Kier alpha value is -2.61. The lowest BCUT2D eigenvalue weighted by molar-refractivity contribution is 0.0981. The summed E-state index contributed by atoms with van der Waals surface area (Å²) in [4.78, 5) is 24.4. The van der Waals surface area contributed by atoms with Gasteiger partial charge in [-0.3, -0.25) is 9.59 Å². The van der Waals surface area contributed by atoms with Crippen LogP contribution in [0.2, 0.25) is 0 Å². The van der Waals surface area contributed by atoms with E-state index in [0.29, 0.717) is 29.4 Å². The highest BCUT2D eigenvalue weighted by atomic mass is 16.3. The van der Waals surface area contributed by atoms with Gasteiger partial charge in [0.05, 0.1) is 5.52 Å². The summed E-state index contributed by atoms with van der Waals surface area (Å²) in [5, 5.41) is 19.7. The fraction of sp³-hybridized carbons (Fsp3) is 0.353. The molecule has 0 unspecified atom stereocenters. The molecular weight excluding hydrogens is 280 g/mol. The van der Waals surface area contributed by atoms with E-state index in [0.717, 1.165) is 12.0 Å². The number of nitrogens with zero attached hydrogens (tertiary/aromatic N) is 2. The second-order valence-corrected chi connectivity index (χ2v) is 5.24. The number of ketones is 1. The number of pyridine rings is 1. The number of Topliss-reactive ketones (excluding diaryl/α,β-unsaturated/α-hetero) is 1. The van der Waals surface area contributed by atoms with Gasteiger partial charge in [0, 0.05) is 23.9 Å². The SMILES string of the molecule is CCCC(=O)c1cc2c(O)c(C#N)c(=O)n(CC)c2cc1C.